The van der Waals surface area contributed by atoms with Crippen LogP contribution in [0.2, 0.25) is 0 Å². The Kier molecular flexibility index (Phi) is 4.20. The molecule has 1 aromatic carbocycles. The van der Waals surface area contributed by atoms with Gasteiger partial charge in [-0.05, 0) is 31.2 Å². The molecule has 0 N–H and O–H groups in total. The predicted octanol–water partition coefficient (Wildman–Crippen LogP) is 2.63. The van der Waals surface area contributed by atoms with Gasteiger partial charge in [-0.15, -0.1) is 0 Å². The smallest absolute Gasteiger partial charge is 0.223 e. The average molecular weight is 351 g/mol. The topological polar surface area (TPSA) is 63.9 Å². The zero-order valence-corrected chi connectivity index (χ0v) is 14.3. The van der Waals surface area contributed by atoms with Gasteiger partial charge in [0.25, 0.3) is 0 Å². The molecule has 0 saturated carbocycles. The summed E-state index contributed by atoms with van der Waals surface area (Å²) in [6.07, 6.45) is 2.05. The Morgan fingerprint density at radius 3 is 2.77 bits per heavy atom. The van der Waals surface area contributed by atoms with Gasteiger partial charge in [-0.2, -0.15) is 5.10 Å². The molecule has 1 amide bonds. The SMILES string of the molecule is Cc1nc([C@H]2CC(=O)N(Cc3ccccn3)C2)n(-c2ccccc2F)n1. The van der Waals surface area contributed by atoms with Crippen molar-refractivity contribution in [2.45, 2.75) is 25.8 Å². The Balaban J connectivity index is 1.61. The molecule has 0 aliphatic carbocycles. The molecular weight excluding hydrogens is 333 g/mol. The Hall–Kier alpha value is -3.09. The van der Waals surface area contributed by atoms with Crippen LogP contribution < -0.4 is 0 Å². The number of rotatable bonds is 4. The fourth-order valence-electron chi connectivity index (χ4n) is 3.28. The fourth-order valence-corrected chi connectivity index (χ4v) is 3.28. The van der Waals surface area contributed by atoms with Crippen molar-refractivity contribution >= 4 is 5.91 Å². The normalized spacial score (nSPS) is 17.1. The standard InChI is InChI=1S/C19H18FN5O/c1-13-22-19(25(23-13)17-8-3-2-7-16(17)20)14-10-18(26)24(11-14)12-15-6-4-5-9-21-15/h2-9,14H,10-12H2,1H3/t14-/m0/s1. The van der Waals surface area contributed by atoms with Crippen LogP contribution in [0.25, 0.3) is 5.69 Å². The van der Waals surface area contributed by atoms with Crippen molar-refractivity contribution in [3.8, 4) is 5.69 Å². The summed E-state index contributed by atoms with van der Waals surface area (Å²) in [5.41, 5.74) is 1.19. The van der Waals surface area contributed by atoms with Gasteiger partial charge in [0.05, 0.1) is 12.2 Å². The Bertz CT molecular complexity index is 940. The minimum Gasteiger partial charge on any atom is -0.336 e. The van der Waals surface area contributed by atoms with Crippen molar-refractivity contribution in [1.82, 2.24) is 24.6 Å². The number of carbonyl (C=O) groups is 1. The lowest BCUT2D eigenvalue weighted by molar-refractivity contribution is -0.128. The van der Waals surface area contributed by atoms with Crippen LogP contribution in [0.3, 0.4) is 0 Å². The largest absolute Gasteiger partial charge is 0.336 e. The first-order valence-electron chi connectivity index (χ1n) is 8.48. The molecule has 26 heavy (non-hydrogen) atoms. The van der Waals surface area contributed by atoms with E-state index in [4.69, 9.17) is 0 Å². The van der Waals surface area contributed by atoms with Crippen molar-refractivity contribution in [2.75, 3.05) is 6.54 Å². The maximum absolute atomic E-state index is 14.2. The van der Waals surface area contributed by atoms with Crippen molar-refractivity contribution in [3.05, 3.63) is 71.8 Å². The molecule has 7 heteroatoms. The first-order valence-corrected chi connectivity index (χ1v) is 8.48. The Labute approximate surface area is 150 Å². The summed E-state index contributed by atoms with van der Waals surface area (Å²) in [6, 6.07) is 12.1. The van der Waals surface area contributed by atoms with Crippen LogP contribution in [0, 0.1) is 12.7 Å². The van der Waals surface area contributed by atoms with Crippen LogP contribution in [-0.4, -0.2) is 37.1 Å². The summed E-state index contributed by atoms with van der Waals surface area (Å²) in [4.78, 5) is 23.0. The number of amides is 1. The molecule has 0 spiro atoms. The quantitative estimate of drug-likeness (QED) is 0.725. The van der Waals surface area contributed by atoms with Crippen LogP contribution >= 0.6 is 0 Å². The van der Waals surface area contributed by atoms with Crippen LogP contribution in [-0.2, 0) is 11.3 Å². The number of nitrogens with zero attached hydrogens (tertiary/aromatic N) is 5. The zero-order valence-electron chi connectivity index (χ0n) is 14.3. The minimum atomic E-state index is -0.367. The van der Waals surface area contributed by atoms with E-state index in [0.29, 0.717) is 36.8 Å². The number of pyridine rings is 1. The van der Waals surface area contributed by atoms with E-state index in [1.54, 1.807) is 36.2 Å². The molecule has 1 saturated heterocycles. The van der Waals surface area contributed by atoms with E-state index in [1.165, 1.54) is 10.7 Å². The molecule has 6 nitrogen and oxygen atoms in total. The number of carbonyl (C=O) groups excluding carboxylic acids is 1. The van der Waals surface area contributed by atoms with Crippen LogP contribution in [0.4, 0.5) is 4.39 Å². The fraction of sp³-hybridized carbons (Fsp3) is 0.263. The second-order valence-electron chi connectivity index (χ2n) is 6.38. The van der Waals surface area contributed by atoms with E-state index in [0.717, 1.165) is 5.69 Å². The molecule has 0 bridgehead atoms. The third-order valence-corrected chi connectivity index (χ3v) is 4.48. The maximum Gasteiger partial charge on any atom is 0.223 e. The zero-order chi connectivity index (χ0) is 18.1. The maximum atomic E-state index is 14.2. The van der Waals surface area contributed by atoms with Crippen LogP contribution in [0.5, 0.6) is 0 Å². The highest BCUT2D eigenvalue weighted by Gasteiger charge is 2.34. The molecule has 0 radical (unpaired) electrons. The first kappa shape index (κ1) is 16.4. The summed E-state index contributed by atoms with van der Waals surface area (Å²) >= 11 is 0. The van der Waals surface area contributed by atoms with Gasteiger partial charge in [0.1, 0.15) is 23.2 Å². The summed E-state index contributed by atoms with van der Waals surface area (Å²) in [5, 5.41) is 4.34. The number of benzene rings is 1. The highest BCUT2D eigenvalue weighted by molar-refractivity contribution is 5.79. The average Bonchev–Trinajstić information content (AvgIpc) is 3.19. The molecule has 1 aliphatic heterocycles. The first-order chi connectivity index (χ1) is 12.6. The highest BCUT2D eigenvalue weighted by atomic mass is 19.1. The third kappa shape index (κ3) is 3.08. The van der Waals surface area contributed by atoms with Gasteiger partial charge in [0, 0.05) is 25.1 Å². The minimum absolute atomic E-state index is 0.0430. The molecule has 3 aromatic rings. The van der Waals surface area contributed by atoms with E-state index >= 15 is 0 Å². The van der Waals surface area contributed by atoms with Crippen molar-refractivity contribution in [3.63, 3.8) is 0 Å². The van der Waals surface area contributed by atoms with Crippen molar-refractivity contribution < 1.29 is 9.18 Å². The Morgan fingerprint density at radius 1 is 1.19 bits per heavy atom. The summed E-state index contributed by atoms with van der Waals surface area (Å²) in [6.45, 7) is 2.74. The molecule has 132 valence electrons. The second-order valence-corrected chi connectivity index (χ2v) is 6.38. The van der Waals surface area contributed by atoms with E-state index in [9.17, 15) is 9.18 Å². The van der Waals surface area contributed by atoms with E-state index < -0.39 is 0 Å². The van der Waals surface area contributed by atoms with E-state index in [2.05, 4.69) is 15.1 Å². The third-order valence-electron chi connectivity index (χ3n) is 4.48. The summed E-state index contributed by atoms with van der Waals surface area (Å²) < 4.78 is 15.7. The van der Waals surface area contributed by atoms with Crippen molar-refractivity contribution in [2.24, 2.45) is 0 Å². The molecule has 1 atom stereocenters. The molecule has 1 aliphatic rings. The van der Waals surface area contributed by atoms with Gasteiger partial charge in [-0.3, -0.25) is 9.78 Å². The molecule has 2 aromatic heterocycles. The molecular formula is C19H18FN5O. The molecule has 4 rings (SSSR count). The summed E-state index contributed by atoms with van der Waals surface area (Å²) in [5.74, 6) is 0.713. The number of aryl methyl sites for hydroxylation is 1. The lowest BCUT2D eigenvalue weighted by atomic mass is 10.1. The van der Waals surface area contributed by atoms with Crippen LogP contribution in [0.15, 0.2) is 48.7 Å². The van der Waals surface area contributed by atoms with Gasteiger partial charge in [-0.25, -0.2) is 14.1 Å². The number of hydrogen-bond acceptors (Lipinski definition) is 4. The number of likely N-dealkylation sites (tertiary alicyclic amines) is 1. The van der Waals surface area contributed by atoms with E-state index in [1.807, 2.05) is 18.2 Å². The summed E-state index contributed by atoms with van der Waals surface area (Å²) in [7, 11) is 0. The van der Waals surface area contributed by atoms with Gasteiger partial charge in [-0.1, -0.05) is 18.2 Å². The molecule has 1 fully saturated rings. The van der Waals surface area contributed by atoms with Gasteiger partial charge in [0.2, 0.25) is 5.91 Å². The highest BCUT2D eigenvalue weighted by Crippen LogP contribution is 2.30. The lowest BCUT2D eigenvalue weighted by Crippen LogP contribution is -2.25. The van der Waals surface area contributed by atoms with Gasteiger partial charge in [0.15, 0.2) is 0 Å². The lowest BCUT2D eigenvalue weighted by Gasteiger charge is -2.16. The number of para-hydroxylation sites is 1. The Morgan fingerprint density at radius 2 is 2.00 bits per heavy atom. The number of aromatic nitrogens is 4. The molecule has 3 heterocycles. The van der Waals surface area contributed by atoms with Gasteiger partial charge < -0.3 is 4.90 Å². The van der Waals surface area contributed by atoms with E-state index in [-0.39, 0.29) is 17.6 Å². The molecule has 0 unspecified atom stereocenters. The van der Waals surface area contributed by atoms with Crippen molar-refractivity contribution in [1.29, 1.82) is 0 Å². The van der Waals surface area contributed by atoms with Gasteiger partial charge >= 0.3 is 0 Å². The monoisotopic (exact) mass is 351 g/mol. The second kappa shape index (κ2) is 6.67. The van der Waals surface area contributed by atoms with Crippen LogP contribution in [0.1, 0.15) is 29.7 Å². The predicted molar refractivity (Wildman–Crippen MR) is 93.1 cm³/mol. The number of halogens is 1. The number of hydrogen-bond donors (Lipinski definition) is 0.